The molecule has 0 fully saturated rings. The minimum Gasteiger partial charge on any atom is -0.354 e. The van der Waals surface area contributed by atoms with Gasteiger partial charge in [0.1, 0.15) is 0 Å². The summed E-state index contributed by atoms with van der Waals surface area (Å²) in [6.07, 6.45) is 3.54. The van der Waals surface area contributed by atoms with E-state index in [0.29, 0.717) is 25.2 Å². The maximum Gasteiger partial charge on any atom is 0.222 e. The highest BCUT2D eigenvalue weighted by molar-refractivity contribution is 7.99. The fourth-order valence-electron chi connectivity index (χ4n) is 2.97. The van der Waals surface area contributed by atoms with Crippen LogP contribution in [0, 0.1) is 5.92 Å². The molecule has 2 aromatic rings. The molecule has 1 atom stereocenters. The maximum atomic E-state index is 12.1. The van der Waals surface area contributed by atoms with Gasteiger partial charge in [0.05, 0.1) is 17.4 Å². The van der Waals surface area contributed by atoms with Crippen molar-refractivity contribution in [1.82, 2.24) is 5.32 Å². The van der Waals surface area contributed by atoms with Crippen LogP contribution in [0.15, 0.2) is 52.3 Å². The Bertz CT molecular complexity index is 804. The van der Waals surface area contributed by atoms with E-state index in [-0.39, 0.29) is 5.91 Å². The number of benzene rings is 2. The molecule has 1 aliphatic rings. The van der Waals surface area contributed by atoms with Crippen LogP contribution in [0.4, 0.5) is 11.4 Å². The van der Waals surface area contributed by atoms with E-state index in [2.05, 4.69) is 41.0 Å². The Balaban J connectivity index is 1.58. The topological polar surface area (TPSA) is 58.2 Å². The molecule has 3 rings (SSSR count). The van der Waals surface area contributed by atoms with Crippen LogP contribution in [-0.4, -0.2) is 18.2 Å². The van der Waals surface area contributed by atoms with E-state index in [1.807, 2.05) is 32.3 Å². The summed E-state index contributed by atoms with van der Waals surface area (Å²) in [4.78, 5) is 25.5. The lowest BCUT2D eigenvalue weighted by atomic mass is 10.0. The minimum absolute atomic E-state index is 0.107. The van der Waals surface area contributed by atoms with Crippen molar-refractivity contribution in [3.05, 3.63) is 48.0 Å². The average molecular weight is 367 g/mol. The molecule has 1 radical (unpaired) electrons. The average Bonchev–Trinajstić information content (AvgIpc) is 2.63. The van der Waals surface area contributed by atoms with Crippen molar-refractivity contribution in [3.63, 3.8) is 0 Å². The van der Waals surface area contributed by atoms with E-state index in [1.54, 1.807) is 11.8 Å². The number of rotatable bonds is 7. The van der Waals surface area contributed by atoms with Crippen molar-refractivity contribution in [2.75, 3.05) is 5.32 Å². The molecule has 2 N–H and O–H groups in total. The SMILES string of the molecule is CC(C)C[C@@H]([C]=O)NC(=O)CCc1ccc2c(c1)Nc1ccccc1S2. The highest BCUT2D eigenvalue weighted by atomic mass is 32.2. The Labute approximate surface area is 158 Å². The highest BCUT2D eigenvalue weighted by Crippen LogP contribution is 2.44. The highest BCUT2D eigenvalue weighted by Gasteiger charge is 2.16. The monoisotopic (exact) mass is 367 g/mol. The van der Waals surface area contributed by atoms with Gasteiger partial charge in [-0.15, -0.1) is 0 Å². The molecule has 0 unspecified atom stereocenters. The molecular formula is C21H23N2O2S. The largest absolute Gasteiger partial charge is 0.354 e. The van der Waals surface area contributed by atoms with Gasteiger partial charge >= 0.3 is 0 Å². The smallest absolute Gasteiger partial charge is 0.222 e. The van der Waals surface area contributed by atoms with Crippen LogP contribution in [0.1, 0.15) is 32.3 Å². The molecule has 5 heteroatoms. The second kappa shape index (κ2) is 8.41. The zero-order valence-corrected chi connectivity index (χ0v) is 15.9. The van der Waals surface area contributed by atoms with E-state index < -0.39 is 6.04 Å². The Morgan fingerprint density at radius 3 is 2.69 bits per heavy atom. The molecule has 135 valence electrons. The molecule has 0 bridgehead atoms. The third-order valence-corrected chi connectivity index (χ3v) is 5.40. The number of fused-ring (bicyclic) bond motifs is 2. The van der Waals surface area contributed by atoms with Gasteiger partial charge in [0.2, 0.25) is 12.2 Å². The van der Waals surface area contributed by atoms with Crippen LogP contribution in [0.2, 0.25) is 0 Å². The summed E-state index contributed by atoms with van der Waals surface area (Å²) in [6, 6.07) is 14.0. The summed E-state index contributed by atoms with van der Waals surface area (Å²) in [5, 5.41) is 6.22. The van der Waals surface area contributed by atoms with Gasteiger partial charge < -0.3 is 10.6 Å². The molecule has 1 heterocycles. The summed E-state index contributed by atoms with van der Waals surface area (Å²) < 4.78 is 0. The normalized spacial score (nSPS) is 13.3. The van der Waals surface area contributed by atoms with Gasteiger partial charge in [0.15, 0.2) is 0 Å². The van der Waals surface area contributed by atoms with Gasteiger partial charge in [-0.05, 0) is 48.6 Å². The quantitative estimate of drug-likeness (QED) is 0.647. The van der Waals surface area contributed by atoms with Crippen molar-refractivity contribution in [3.8, 4) is 0 Å². The number of anilines is 2. The summed E-state index contributed by atoms with van der Waals surface area (Å²) in [5.74, 6) is 0.234. The number of hydrogen-bond acceptors (Lipinski definition) is 4. The number of amides is 1. The number of hydrogen-bond donors (Lipinski definition) is 2. The lowest BCUT2D eigenvalue weighted by Crippen LogP contribution is -2.37. The summed E-state index contributed by atoms with van der Waals surface area (Å²) >= 11 is 1.75. The van der Waals surface area contributed by atoms with Crippen LogP contribution >= 0.6 is 11.8 Å². The van der Waals surface area contributed by atoms with Gasteiger partial charge in [0.25, 0.3) is 0 Å². The van der Waals surface area contributed by atoms with Crippen molar-refractivity contribution in [1.29, 1.82) is 0 Å². The molecule has 0 saturated heterocycles. The first-order valence-electron chi connectivity index (χ1n) is 8.89. The van der Waals surface area contributed by atoms with Crippen LogP contribution < -0.4 is 10.6 Å². The van der Waals surface area contributed by atoms with Crippen molar-refractivity contribution in [2.45, 2.75) is 48.9 Å². The minimum atomic E-state index is -0.513. The molecule has 1 aliphatic heterocycles. The number of aryl methyl sites for hydroxylation is 1. The second-order valence-corrected chi connectivity index (χ2v) is 8.01. The predicted molar refractivity (Wildman–Crippen MR) is 106 cm³/mol. The predicted octanol–water partition coefficient (Wildman–Crippen LogP) is 4.47. The molecule has 4 nitrogen and oxygen atoms in total. The molecule has 0 saturated carbocycles. The number of carbonyl (C=O) groups excluding carboxylic acids is 2. The molecular weight excluding hydrogens is 344 g/mol. The molecule has 26 heavy (non-hydrogen) atoms. The van der Waals surface area contributed by atoms with E-state index in [0.717, 1.165) is 16.9 Å². The van der Waals surface area contributed by atoms with Gasteiger partial charge in [-0.25, -0.2) is 0 Å². The third-order valence-electron chi connectivity index (χ3n) is 4.25. The number of carbonyl (C=O) groups is 1. The number of para-hydroxylation sites is 1. The van der Waals surface area contributed by atoms with Gasteiger partial charge in [-0.2, -0.15) is 0 Å². The molecule has 0 spiro atoms. The van der Waals surface area contributed by atoms with Crippen molar-refractivity contribution in [2.24, 2.45) is 5.92 Å². The Morgan fingerprint density at radius 1 is 1.15 bits per heavy atom. The standard InChI is InChI=1S/C21H23N2O2S/c1-14(2)11-16(13-24)22-21(25)10-8-15-7-9-20-18(12-15)23-17-5-3-4-6-19(17)26-20/h3-7,9,12,14,16,23H,8,10-11H2,1-2H3,(H,22,25)/t16-/m0/s1. The van der Waals surface area contributed by atoms with Crippen molar-refractivity contribution >= 4 is 35.3 Å². The first-order valence-corrected chi connectivity index (χ1v) is 9.70. The second-order valence-electron chi connectivity index (χ2n) is 6.92. The molecule has 2 aromatic carbocycles. The van der Waals surface area contributed by atoms with Crippen molar-refractivity contribution < 1.29 is 9.59 Å². The Morgan fingerprint density at radius 2 is 1.92 bits per heavy atom. The van der Waals surface area contributed by atoms with E-state index in [1.165, 1.54) is 9.79 Å². The zero-order valence-electron chi connectivity index (χ0n) is 15.0. The lowest BCUT2D eigenvalue weighted by Gasteiger charge is -2.21. The third kappa shape index (κ3) is 4.67. The van der Waals surface area contributed by atoms with E-state index >= 15 is 0 Å². The Hall–Kier alpha value is -2.27. The molecule has 0 aliphatic carbocycles. The van der Waals surface area contributed by atoms with E-state index in [4.69, 9.17) is 0 Å². The molecule has 0 aromatic heterocycles. The van der Waals surface area contributed by atoms with Crippen LogP contribution in [-0.2, 0) is 16.0 Å². The number of nitrogens with one attached hydrogen (secondary N) is 2. The fraction of sp³-hybridized carbons (Fsp3) is 0.333. The summed E-state index contributed by atoms with van der Waals surface area (Å²) in [7, 11) is 0. The summed E-state index contributed by atoms with van der Waals surface area (Å²) in [5.41, 5.74) is 3.28. The van der Waals surface area contributed by atoms with Crippen LogP contribution in [0.25, 0.3) is 0 Å². The van der Waals surface area contributed by atoms with Crippen LogP contribution in [0.5, 0.6) is 0 Å². The zero-order chi connectivity index (χ0) is 18.5. The van der Waals surface area contributed by atoms with Crippen LogP contribution in [0.3, 0.4) is 0 Å². The maximum absolute atomic E-state index is 12.1. The van der Waals surface area contributed by atoms with Gasteiger partial charge in [-0.3, -0.25) is 9.59 Å². The summed E-state index contributed by atoms with van der Waals surface area (Å²) in [6.45, 7) is 4.04. The first-order chi connectivity index (χ1) is 12.5. The van der Waals surface area contributed by atoms with Gasteiger partial charge in [0, 0.05) is 16.2 Å². The Kier molecular flexibility index (Phi) is 5.99. The lowest BCUT2D eigenvalue weighted by molar-refractivity contribution is -0.121. The van der Waals surface area contributed by atoms with Gasteiger partial charge in [-0.1, -0.05) is 43.8 Å². The molecule has 1 amide bonds. The van der Waals surface area contributed by atoms with E-state index in [9.17, 15) is 9.59 Å². The fourth-order valence-corrected chi connectivity index (χ4v) is 3.94. The first kappa shape index (κ1) is 18.5.